The maximum atomic E-state index is 14.7. The number of phenolic OH excluding ortho intramolecular Hbond substituents is 1. The Balaban J connectivity index is 0.00000102. The van der Waals surface area contributed by atoms with Crippen molar-refractivity contribution >= 4 is 17.4 Å². The van der Waals surface area contributed by atoms with Gasteiger partial charge in [0.25, 0.3) is 0 Å². The molecule has 0 amide bonds. The molecule has 1 saturated heterocycles. The first-order valence-corrected chi connectivity index (χ1v) is 12.0. The molecular weight excluding hydrogens is 495 g/mol. The van der Waals surface area contributed by atoms with E-state index in [4.69, 9.17) is 16.9 Å². The second-order valence-electron chi connectivity index (χ2n) is 8.44. The third-order valence-corrected chi connectivity index (χ3v) is 6.34. The lowest BCUT2D eigenvalue weighted by atomic mass is 9.97. The van der Waals surface area contributed by atoms with E-state index in [2.05, 4.69) is 15.2 Å². The second-order valence-corrected chi connectivity index (χ2v) is 8.85. The SMILES string of the molecule is CC#N.Cn1ccn(-c2ccc(-c3cc(F)cc(-c4ccnc(N5CCNCC5)c4)c3O)cc2Cl)c1=O. The molecule has 0 saturated carbocycles. The normalized spacial score (nSPS) is 13.0. The molecule has 1 aliphatic heterocycles. The molecule has 8 nitrogen and oxygen atoms in total. The van der Waals surface area contributed by atoms with Gasteiger partial charge in [0.05, 0.1) is 16.8 Å². The van der Waals surface area contributed by atoms with Gasteiger partial charge in [0.2, 0.25) is 0 Å². The molecule has 0 atom stereocenters. The number of nitrogens with one attached hydrogen (secondary N) is 1. The van der Waals surface area contributed by atoms with Crippen molar-refractivity contribution in [2.24, 2.45) is 7.05 Å². The van der Waals surface area contributed by atoms with Gasteiger partial charge in [0.15, 0.2) is 0 Å². The Bertz CT molecular complexity index is 1520. The lowest BCUT2D eigenvalue weighted by molar-refractivity contribution is 0.477. The average molecular weight is 521 g/mol. The van der Waals surface area contributed by atoms with Gasteiger partial charge in [-0.3, -0.25) is 4.57 Å². The molecule has 1 fully saturated rings. The van der Waals surface area contributed by atoms with Crippen LogP contribution in [-0.4, -0.2) is 45.4 Å². The first-order valence-electron chi connectivity index (χ1n) is 11.6. The molecule has 0 spiro atoms. The number of hydrogen-bond donors (Lipinski definition) is 2. The van der Waals surface area contributed by atoms with Crippen LogP contribution in [0.25, 0.3) is 27.9 Å². The van der Waals surface area contributed by atoms with E-state index in [1.165, 1.54) is 28.2 Å². The number of rotatable bonds is 4. The maximum Gasteiger partial charge on any atom is 0.332 e. The monoisotopic (exact) mass is 520 g/mol. The van der Waals surface area contributed by atoms with Crippen LogP contribution < -0.4 is 15.9 Å². The van der Waals surface area contributed by atoms with E-state index in [-0.39, 0.29) is 11.4 Å². The van der Waals surface area contributed by atoms with Crippen LogP contribution in [0.2, 0.25) is 5.02 Å². The number of piperazine rings is 1. The zero-order chi connectivity index (χ0) is 26.5. The van der Waals surface area contributed by atoms with Crippen LogP contribution in [0.15, 0.2) is 65.8 Å². The molecule has 0 unspecified atom stereocenters. The lowest BCUT2D eigenvalue weighted by Gasteiger charge is -2.28. The highest BCUT2D eigenvalue weighted by atomic mass is 35.5. The third kappa shape index (κ3) is 5.50. The van der Waals surface area contributed by atoms with Crippen LogP contribution in [-0.2, 0) is 7.05 Å². The summed E-state index contributed by atoms with van der Waals surface area (Å²) in [7, 11) is 1.65. The van der Waals surface area contributed by atoms with E-state index < -0.39 is 5.82 Å². The smallest absolute Gasteiger partial charge is 0.332 e. The molecule has 0 bridgehead atoms. The van der Waals surface area contributed by atoms with Gasteiger partial charge >= 0.3 is 5.69 Å². The summed E-state index contributed by atoms with van der Waals surface area (Å²) in [6.45, 7) is 4.82. The van der Waals surface area contributed by atoms with E-state index in [1.807, 2.05) is 6.07 Å². The standard InChI is InChI=1S/C25H23ClFN5O2.C2H3N/c1-30-10-11-32(25(30)34)22-3-2-16(12-21(22)26)19-14-18(27)15-20(24(19)33)17-4-5-29-23(13-17)31-8-6-28-7-9-31;1-2-3/h2-5,10-15,28,33H,6-9H2,1H3;1H3. The van der Waals surface area contributed by atoms with Gasteiger partial charge in [0, 0.05) is 69.9 Å². The van der Waals surface area contributed by atoms with Crippen molar-refractivity contribution in [3.63, 3.8) is 0 Å². The summed E-state index contributed by atoms with van der Waals surface area (Å²) in [6, 6.07) is 13.0. The first kappa shape index (κ1) is 25.9. The highest BCUT2D eigenvalue weighted by Gasteiger charge is 2.18. The minimum Gasteiger partial charge on any atom is -0.507 e. The number of aromatic hydroxyl groups is 1. The number of halogens is 2. The fourth-order valence-electron chi connectivity index (χ4n) is 4.21. The average Bonchev–Trinajstić information content (AvgIpc) is 3.24. The van der Waals surface area contributed by atoms with Gasteiger partial charge in [0.1, 0.15) is 17.4 Å². The van der Waals surface area contributed by atoms with Crippen molar-refractivity contribution in [2.75, 3.05) is 31.1 Å². The van der Waals surface area contributed by atoms with Crippen LogP contribution in [0.5, 0.6) is 5.75 Å². The molecule has 4 aromatic rings. The molecule has 3 heterocycles. The number of aryl methyl sites for hydroxylation is 1. The van der Waals surface area contributed by atoms with E-state index in [1.54, 1.807) is 56.0 Å². The number of nitriles is 1. The summed E-state index contributed by atoms with van der Waals surface area (Å²) >= 11 is 6.49. The van der Waals surface area contributed by atoms with E-state index in [0.717, 1.165) is 32.0 Å². The lowest BCUT2D eigenvalue weighted by Crippen LogP contribution is -2.43. The van der Waals surface area contributed by atoms with Crippen molar-refractivity contribution in [2.45, 2.75) is 6.92 Å². The fraction of sp³-hybridized carbons (Fsp3) is 0.222. The number of anilines is 1. The van der Waals surface area contributed by atoms with Crippen molar-refractivity contribution in [1.29, 1.82) is 5.26 Å². The minimum absolute atomic E-state index is 0.0560. The number of nitrogens with zero attached hydrogens (tertiary/aromatic N) is 5. The molecule has 2 aromatic heterocycles. The van der Waals surface area contributed by atoms with Crippen LogP contribution in [0.1, 0.15) is 6.92 Å². The zero-order valence-corrected chi connectivity index (χ0v) is 21.2. The largest absolute Gasteiger partial charge is 0.507 e. The summed E-state index contributed by atoms with van der Waals surface area (Å²) < 4.78 is 17.6. The number of pyridine rings is 1. The van der Waals surface area contributed by atoms with Crippen molar-refractivity contribution in [1.82, 2.24) is 19.4 Å². The van der Waals surface area contributed by atoms with E-state index in [9.17, 15) is 14.3 Å². The molecule has 2 N–H and O–H groups in total. The summed E-state index contributed by atoms with van der Waals surface area (Å²) in [4.78, 5) is 18.9. The molecule has 190 valence electrons. The molecule has 10 heteroatoms. The molecular formula is C27H26ClFN6O2. The number of hydrogen-bond acceptors (Lipinski definition) is 6. The quantitative estimate of drug-likeness (QED) is 0.415. The summed E-state index contributed by atoms with van der Waals surface area (Å²) in [6.07, 6.45) is 4.93. The molecule has 37 heavy (non-hydrogen) atoms. The Hall–Kier alpha value is -4.13. The summed E-state index contributed by atoms with van der Waals surface area (Å²) in [5.74, 6) is 0.243. The van der Waals surface area contributed by atoms with Gasteiger partial charge in [-0.25, -0.2) is 14.2 Å². The first-order chi connectivity index (χ1) is 17.8. The Morgan fingerprint density at radius 2 is 1.73 bits per heavy atom. The maximum absolute atomic E-state index is 14.7. The van der Waals surface area contributed by atoms with Gasteiger partial charge in [-0.05, 0) is 47.5 Å². The topological polar surface area (TPSA) is 99.1 Å². The highest BCUT2D eigenvalue weighted by molar-refractivity contribution is 6.32. The molecule has 2 aromatic carbocycles. The molecule has 1 aliphatic rings. The fourth-order valence-corrected chi connectivity index (χ4v) is 4.48. The van der Waals surface area contributed by atoms with Gasteiger partial charge in [-0.15, -0.1) is 0 Å². The number of phenols is 1. The van der Waals surface area contributed by atoms with E-state index in [0.29, 0.717) is 33.0 Å². The number of imidazole rings is 1. The van der Waals surface area contributed by atoms with Crippen LogP contribution in [0.4, 0.5) is 10.2 Å². The zero-order valence-electron chi connectivity index (χ0n) is 20.4. The van der Waals surface area contributed by atoms with Crippen molar-refractivity contribution in [3.8, 4) is 39.8 Å². The minimum atomic E-state index is -0.484. The molecule has 0 radical (unpaired) electrons. The van der Waals surface area contributed by atoms with Crippen LogP contribution >= 0.6 is 11.6 Å². The van der Waals surface area contributed by atoms with Gasteiger partial charge in [-0.2, -0.15) is 5.26 Å². The van der Waals surface area contributed by atoms with E-state index >= 15 is 0 Å². The predicted molar refractivity (Wildman–Crippen MR) is 143 cm³/mol. The Morgan fingerprint density at radius 1 is 1.08 bits per heavy atom. The Kier molecular flexibility index (Phi) is 7.92. The summed E-state index contributed by atoms with van der Waals surface area (Å²) in [5, 5.41) is 22.1. The van der Waals surface area contributed by atoms with Crippen molar-refractivity contribution in [3.05, 3.63) is 82.4 Å². The van der Waals surface area contributed by atoms with Crippen LogP contribution in [0, 0.1) is 17.1 Å². The van der Waals surface area contributed by atoms with Crippen molar-refractivity contribution < 1.29 is 9.50 Å². The van der Waals surface area contributed by atoms with Gasteiger partial charge in [-0.1, -0.05) is 17.7 Å². The second kappa shape index (κ2) is 11.3. The van der Waals surface area contributed by atoms with Crippen LogP contribution in [0.3, 0.4) is 0 Å². The third-order valence-electron chi connectivity index (χ3n) is 6.04. The van der Waals surface area contributed by atoms with Gasteiger partial charge < -0.3 is 19.9 Å². The molecule has 0 aliphatic carbocycles. The Labute approximate surface area is 218 Å². The number of benzene rings is 2. The number of aromatic nitrogens is 3. The molecule has 5 rings (SSSR count). The summed E-state index contributed by atoms with van der Waals surface area (Å²) in [5.41, 5.74) is 2.15. The predicted octanol–water partition coefficient (Wildman–Crippen LogP) is 4.34. The Morgan fingerprint density at radius 3 is 2.32 bits per heavy atom. The highest BCUT2D eigenvalue weighted by Crippen LogP contribution is 2.40.